The first kappa shape index (κ1) is 21.9. The zero-order chi connectivity index (χ0) is 24.0. The first-order valence-corrected chi connectivity index (χ1v) is 11.5. The number of benzene rings is 2. The molecule has 0 saturated carbocycles. The van der Waals surface area contributed by atoms with E-state index < -0.39 is 11.6 Å². The molecule has 2 aliphatic rings. The highest BCUT2D eigenvalue weighted by molar-refractivity contribution is 6.12. The second kappa shape index (κ2) is 8.17. The molecule has 34 heavy (non-hydrogen) atoms. The van der Waals surface area contributed by atoms with E-state index in [0.29, 0.717) is 25.0 Å². The summed E-state index contributed by atoms with van der Waals surface area (Å²) >= 11 is 0. The summed E-state index contributed by atoms with van der Waals surface area (Å²) in [5.74, 6) is 0.166. The molecular formula is C27H27N3O4. The van der Waals surface area contributed by atoms with Crippen molar-refractivity contribution in [1.82, 2.24) is 14.8 Å². The first-order valence-electron chi connectivity index (χ1n) is 11.5. The van der Waals surface area contributed by atoms with Gasteiger partial charge in [0.25, 0.3) is 5.91 Å². The van der Waals surface area contributed by atoms with Crippen LogP contribution in [0.2, 0.25) is 0 Å². The quantitative estimate of drug-likeness (QED) is 0.447. The minimum Gasteiger partial charge on any atom is -0.494 e. The van der Waals surface area contributed by atoms with Crippen LogP contribution in [0.1, 0.15) is 46.2 Å². The summed E-state index contributed by atoms with van der Waals surface area (Å²) in [6, 6.07) is 16.6. The number of amides is 3. The summed E-state index contributed by atoms with van der Waals surface area (Å²) in [5.41, 5.74) is 3.89. The van der Waals surface area contributed by atoms with Gasteiger partial charge >= 0.3 is 6.03 Å². The number of carbonyl (C=O) groups is 3. The molecule has 174 valence electrons. The van der Waals surface area contributed by atoms with Gasteiger partial charge in [0.15, 0.2) is 5.78 Å². The molecule has 1 aliphatic heterocycles. The number of rotatable bonds is 6. The second-order valence-corrected chi connectivity index (χ2v) is 8.85. The van der Waals surface area contributed by atoms with Crippen LogP contribution in [0.15, 0.2) is 54.6 Å². The van der Waals surface area contributed by atoms with Crippen LogP contribution in [0.25, 0.3) is 5.69 Å². The topological polar surface area (TPSA) is 80.6 Å². The number of hydrogen-bond donors (Lipinski definition) is 1. The van der Waals surface area contributed by atoms with E-state index in [2.05, 4.69) is 5.32 Å². The van der Waals surface area contributed by atoms with E-state index in [-0.39, 0.29) is 18.2 Å². The maximum absolute atomic E-state index is 13.4. The fourth-order valence-electron chi connectivity index (χ4n) is 5.26. The van der Waals surface area contributed by atoms with Gasteiger partial charge in [0.2, 0.25) is 0 Å². The summed E-state index contributed by atoms with van der Waals surface area (Å²) in [6.45, 7) is 6.04. The summed E-state index contributed by atoms with van der Waals surface area (Å²) in [6.07, 6.45) is 1.22. The van der Waals surface area contributed by atoms with Crippen LogP contribution >= 0.6 is 0 Å². The van der Waals surface area contributed by atoms with Crippen molar-refractivity contribution < 1.29 is 19.1 Å². The molecule has 2 aromatic carbocycles. The summed E-state index contributed by atoms with van der Waals surface area (Å²) in [7, 11) is 0. The Bertz CT molecular complexity index is 1310. The van der Waals surface area contributed by atoms with Crippen molar-refractivity contribution in [3.05, 3.63) is 82.7 Å². The Morgan fingerprint density at radius 2 is 1.82 bits per heavy atom. The number of aryl methyl sites for hydroxylation is 2. The molecule has 1 saturated heterocycles. The van der Waals surface area contributed by atoms with Crippen LogP contribution in [-0.4, -0.2) is 40.3 Å². The number of hydrogen-bond acceptors (Lipinski definition) is 4. The zero-order valence-electron chi connectivity index (χ0n) is 19.6. The largest absolute Gasteiger partial charge is 0.494 e. The van der Waals surface area contributed by atoms with Gasteiger partial charge in [-0.15, -0.1) is 0 Å². The molecule has 7 nitrogen and oxygen atoms in total. The van der Waals surface area contributed by atoms with Crippen molar-refractivity contribution in [2.75, 3.05) is 13.2 Å². The van der Waals surface area contributed by atoms with E-state index in [1.807, 2.05) is 79.9 Å². The minimum absolute atomic E-state index is 0.267. The minimum atomic E-state index is -1.06. The molecule has 0 unspecified atom stereocenters. The molecule has 0 bridgehead atoms. The smallest absolute Gasteiger partial charge is 0.325 e. The van der Waals surface area contributed by atoms with Gasteiger partial charge in [-0.2, -0.15) is 0 Å². The number of fused-ring (bicyclic) bond motifs is 2. The summed E-state index contributed by atoms with van der Waals surface area (Å²) in [5, 5.41) is 2.88. The number of aromatic nitrogens is 1. The fraction of sp³-hybridized carbons (Fsp3) is 0.296. The van der Waals surface area contributed by atoms with E-state index in [9.17, 15) is 14.4 Å². The molecule has 1 N–H and O–H groups in total. The Hall–Kier alpha value is -3.87. The predicted octanol–water partition coefficient (Wildman–Crippen LogP) is 4.07. The van der Waals surface area contributed by atoms with Crippen molar-refractivity contribution in [3.8, 4) is 11.4 Å². The SMILES string of the molecule is CCOc1ccc(-n2c(C)cc(C(=O)CN3C(=O)N[C@]4(CCc5ccccc54)C3=O)c2C)cc1. The molecule has 7 heteroatoms. The molecule has 1 fully saturated rings. The van der Waals surface area contributed by atoms with Crippen LogP contribution in [0, 0.1) is 13.8 Å². The molecule has 1 aliphatic carbocycles. The van der Waals surface area contributed by atoms with Gasteiger partial charge in [-0.25, -0.2) is 4.79 Å². The number of nitrogens with one attached hydrogen (secondary N) is 1. The van der Waals surface area contributed by atoms with Gasteiger partial charge in [0.1, 0.15) is 11.3 Å². The number of nitrogens with zero attached hydrogens (tertiary/aromatic N) is 2. The molecule has 1 aromatic heterocycles. The van der Waals surface area contributed by atoms with Crippen LogP contribution in [0.4, 0.5) is 4.79 Å². The van der Waals surface area contributed by atoms with Gasteiger partial charge in [-0.1, -0.05) is 24.3 Å². The lowest BCUT2D eigenvalue weighted by atomic mass is 9.92. The van der Waals surface area contributed by atoms with Gasteiger partial charge in [0.05, 0.1) is 13.2 Å². The normalized spacial score (nSPS) is 19.0. The van der Waals surface area contributed by atoms with Gasteiger partial charge in [-0.05, 0) is 75.1 Å². The average Bonchev–Trinajstić information content (AvgIpc) is 3.43. The molecule has 1 atom stereocenters. The summed E-state index contributed by atoms with van der Waals surface area (Å²) in [4.78, 5) is 40.6. The lowest BCUT2D eigenvalue weighted by molar-refractivity contribution is -0.131. The number of imide groups is 1. The van der Waals surface area contributed by atoms with Crippen molar-refractivity contribution in [2.45, 2.75) is 39.2 Å². The maximum Gasteiger partial charge on any atom is 0.325 e. The third-order valence-electron chi connectivity index (χ3n) is 6.86. The van der Waals surface area contributed by atoms with E-state index in [1.54, 1.807) is 0 Å². The van der Waals surface area contributed by atoms with E-state index in [4.69, 9.17) is 4.74 Å². The predicted molar refractivity (Wildman–Crippen MR) is 127 cm³/mol. The molecule has 2 heterocycles. The molecule has 0 radical (unpaired) electrons. The van der Waals surface area contributed by atoms with Crippen LogP contribution in [-0.2, 0) is 16.8 Å². The number of urea groups is 1. The van der Waals surface area contributed by atoms with Crippen LogP contribution in [0.3, 0.4) is 0 Å². The molecular weight excluding hydrogens is 430 g/mol. The fourth-order valence-corrected chi connectivity index (χ4v) is 5.26. The molecule has 3 aromatic rings. The lowest BCUT2D eigenvalue weighted by Crippen LogP contribution is -2.42. The zero-order valence-corrected chi connectivity index (χ0v) is 19.6. The van der Waals surface area contributed by atoms with E-state index in [0.717, 1.165) is 38.9 Å². The maximum atomic E-state index is 13.4. The van der Waals surface area contributed by atoms with E-state index in [1.165, 1.54) is 0 Å². The Morgan fingerprint density at radius 3 is 2.56 bits per heavy atom. The standard InChI is InChI=1S/C27H27N3O4/c1-4-34-21-11-9-20(10-12-21)30-17(2)15-22(18(30)3)24(31)16-29-25(32)27(28-26(29)33)14-13-19-7-5-6-8-23(19)27/h5-12,15H,4,13-14,16H2,1-3H3,(H,28,33)/t27-/m0/s1. The van der Waals surface area contributed by atoms with Gasteiger partial charge in [0, 0.05) is 22.6 Å². The first-order chi connectivity index (χ1) is 16.4. The van der Waals surface area contributed by atoms with Crippen molar-refractivity contribution in [2.24, 2.45) is 0 Å². The Morgan fingerprint density at radius 1 is 1.09 bits per heavy atom. The van der Waals surface area contributed by atoms with Crippen LogP contribution < -0.4 is 10.1 Å². The average molecular weight is 458 g/mol. The second-order valence-electron chi connectivity index (χ2n) is 8.85. The highest BCUT2D eigenvalue weighted by Crippen LogP contribution is 2.41. The number of ether oxygens (including phenoxy) is 1. The Balaban J connectivity index is 1.40. The Kier molecular flexibility index (Phi) is 5.27. The monoisotopic (exact) mass is 457 g/mol. The van der Waals surface area contributed by atoms with E-state index >= 15 is 0 Å². The third kappa shape index (κ3) is 3.31. The number of carbonyl (C=O) groups excluding carboxylic acids is 3. The van der Waals surface area contributed by atoms with Gasteiger partial charge in [-0.3, -0.25) is 14.5 Å². The summed E-state index contributed by atoms with van der Waals surface area (Å²) < 4.78 is 7.51. The number of ketones is 1. The van der Waals surface area contributed by atoms with Crippen molar-refractivity contribution in [1.29, 1.82) is 0 Å². The molecule has 3 amide bonds. The van der Waals surface area contributed by atoms with Gasteiger partial charge < -0.3 is 14.6 Å². The van der Waals surface area contributed by atoms with Crippen LogP contribution in [0.5, 0.6) is 5.75 Å². The lowest BCUT2D eigenvalue weighted by Gasteiger charge is -2.22. The Labute approximate surface area is 198 Å². The third-order valence-corrected chi connectivity index (χ3v) is 6.86. The van der Waals surface area contributed by atoms with Crippen molar-refractivity contribution >= 4 is 17.7 Å². The highest BCUT2D eigenvalue weighted by atomic mass is 16.5. The number of Topliss-reactive ketones (excluding diaryl/α,β-unsaturated/α-hetero) is 1. The van der Waals surface area contributed by atoms with Crippen molar-refractivity contribution in [3.63, 3.8) is 0 Å². The highest BCUT2D eigenvalue weighted by Gasteiger charge is 2.55. The molecule has 1 spiro atoms. The molecule has 5 rings (SSSR count).